The molecule has 0 aromatic heterocycles. The summed E-state index contributed by atoms with van der Waals surface area (Å²) in [7, 11) is -2.55. The summed E-state index contributed by atoms with van der Waals surface area (Å²) in [5.41, 5.74) is 0.101. The van der Waals surface area contributed by atoms with Gasteiger partial charge in [0, 0.05) is 5.16 Å². The van der Waals surface area contributed by atoms with Crippen LogP contribution in [0.1, 0.15) is 48.0 Å². The fourth-order valence-electron chi connectivity index (χ4n) is 2.13. The molecule has 0 saturated heterocycles. The zero-order chi connectivity index (χ0) is 13.9. The average molecular weight is 262 g/mol. The van der Waals surface area contributed by atoms with Crippen LogP contribution in [0.5, 0.6) is 0 Å². The first-order chi connectivity index (χ1) is 7.41. The lowest BCUT2D eigenvalue weighted by Crippen LogP contribution is -2.30. The largest absolute Gasteiger partial charge is 0.466 e. The zero-order valence-electron chi connectivity index (χ0n) is 12.3. The van der Waals surface area contributed by atoms with Gasteiger partial charge in [0.15, 0.2) is 0 Å². The van der Waals surface area contributed by atoms with E-state index in [0.717, 1.165) is 6.42 Å². The summed E-state index contributed by atoms with van der Waals surface area (Å²) >= 11 is 0. The topological polar surface area (TPSA) is 43.4 Å². The van der Waals surface area contributed by atoms with Crippen molar-refractivity contribution in [2.75, 3.05) is 19.4 Å². The predicted molar refractivity (Wildman–Crippen MR) is 73.2 cm³/mol. The van der Waals surface area contributed by atoms with Crippen LogP contribution in [0.4, 0.5) is 0 Å². The highest BCUT2D eigenvalue weighted by Crippen LogP contribution is 2.58. The van der Waals surface area contributed by atoms with E-state index in [1.165, 1.54) is 0 Å². The molecule has 3 nitrogen and oxygen atoms in total. The molecule has 0 amide bonds. The molecule has 1 atom stereocenters. The molecule has 0 aliphatic carbocycles. The second kappa shape index (κ2) is 5.56. The Morgan fingerprint density at radius 1 is 1.18 bits per heavy atom. The molecule has 0 aromatic rings. The number of ether oxygens (including phenoxy) is 1. The Labute approximate surface area is 106 Å². The molecule has 17 heavy (non-hydrogen) atoms. The van der Waals surface area contributed by atoms with E-state index in [4.69, 9.17) is 4.74 Å². The molecule has 4 heteroatoms. The van der Waals surface area contributed by atoms with Crippen molar-refractivity contribution in [3.05, 3.63) is 0 Å². The van der Waals surface area contributed by atoms with Gasteiger partial charge in [-0.1, -0.05) is 34.6 Å². The number of esters is 1. The Bertz CT molecular complexity index is 313. The summed E-state index contributed by atoms with van der Waals surface area (Å²) in [6.07, 6.45) is 0.872. The van der Waals surface area contributed by atoms with E-state index in [0.29, 0.717) is 6.61 Å². The zero-order valence-corrected chi connectivity index (χ0v) is 13.2. The predicted octanol–water partition coefficient (Wildman–Crippen LogP) is 3.76. The molecule has 0 fully saturated rings. The molecule has 1 unspecified atom stereocenters. The van der Waals surface area contributed by atoms with Crippen molar-refractivity contribution in [2.24, 2.45) is 5.41 Å². The number of carbonyl (C=O) groups is 1. The first-order valence-corrected chi connectivity index (χ1v) is 8.47. The van der Waals surface area contributed by atoms with Crippen molar-refractivity contribution in [1.29, 1.82) is 0 Å². The highest BCUT2D eigenvalue weighted by molar-refractivity contribution is 7.65. The van der Waals surface area contributed by atoms with Gasteiger partial charge in [-0.3, -0.25) is 4.79 Å². The lowest BCUT2D eigenvalue weighted by atomic mass is 9.86. The minimum atomic E-state index is -2.55. The minimum absolute atomic E-state index is 0.0456. The lowest BCUT2D eigenvalue weighted by Gasteiger charge is -2.37. The fraction of sp³-hybridized carbons (Fsp3) is 0.923. The van der Waals surface area contributed by atoms with Crippen LogP contribution in [-0.2, 0) is 14.1 Å². The van der Waals surface area contributed by atoms with Gasteiger partial charge in [-0.25, -0.2) is 0 Å². The highest BCUT2D eigenvalue weighted by Gasteiger charge is 2.40. The first-order valence-electron chi connectivity index (χ1n) is 6.13. The Kier molecular flexibility index (Phi) is 5.46. The van der Waals surface area contributed by atoms with E-state index < -0.39 is 7.14 Å². The van der Waals surface area contributed by atoms with Gasteiger partial charge >= 0.3 is 5.97 Å². The van der Waals surface area contributed by atoms with Gasteiger partial charge in [-0.05, 0) is 25.4 Å². The van der Waals surface area contributed by atoms with Gasteiger partial charge < -0.3 is 9.30 Å². The first kappa shape index (κ1) is 16.7. The SMILES string of the molecule is CCOC(=O)CP(C)(=O)C(C)(C)CC(C)(C)C. The van der Waals surface area contributed by atoms with Crippen molar-refractivity contribution >= 4 is 13.1 Å². The van der Waals surface area contributed by atoms with E-state index in [1.807, 2.05) is 13.8 Å². The van der Waals surface area contributed by atoms with Crippen LogP contribution in [0.15, 0.2) is 0 Å². The van der Waals surface area contributed by atoms with Gasteiger partial charge in [0.25, 0.3) is 0 Å². The Morgan fingerprint density at radius 2 is 1.65 bits per heavy atom. The van der Waals surface area contributed by atoms with E-state index in [-0.39, 0.29) is 22.7 Å². The number of carbonyl (C=O) groups excluding carboxylic acids is 1. The maximum absolute atomic E-state index is 12.7. The summed E-state index contributed by atoms with van der Waals surface area (Å²) in [4.78, 5) is 11.5. The minimum Gasteiger partial charge on any atom is -0.466 e. The molecule has 0 spiro atoms. The van der Waals surface area contributed by atoms with Gasteiger partial charge in [-0.2, -0.15) is 0 Å². The fourth-order valence-corrected chi connectivity index (χ4v) is 3.95. The van der Waals surface area contributed by atoms with E-state index in [9.17, 15) is 9.36 Å². The molecule has 0 bridgehead atoms. The molecule has 102 valence electrons. The van der Waals surface area contributed by atoms with Crippen molar-refractivity contribution in [1.82, 2.24) is 0 Å². The van der Waals surface area contributed by atoms with Crippen molar-refractivity contribution in [2.45, 2.75) is 53.1 Å². The quantitative estimate of drug-likeness (QED) is 0.559. The third kappa shape index (κ3) is 5.72. The molecule has 0 heterocycles. The Hall–Kier alpha value is -0.300. The number of hydrogen-bond donors (Lipinski definition) is 0. The smallest absolute Gasteiger partial charge is 0.313 e. The summed E-state index contributed by atoms with van der Waals surface area (Å²) in [5.74, 6) is -0.347. The standard InChI is InChI=1S/C13H27O3P/c1-8-16-11(14)9-17(7,15)13(5,6)10-12(2,3)4/h8-10H2,1-7H3. The van der Waals surface area contributed by atoms with Crippen molar-refractivity contribution in [3.8, 4) is 0 Å². The molecule has 0 rings (SSSR count). The van der Waals surface area contributed by atoms with Gasteiger partial charge in [0.2, 0.25) is 0 Å². The van der Waals surface area contributed by atoms with Crippen LogP contribution in [0.2, 0.25) is 0 Å². The number of rotatable bonds is 5. The number of hydrogen-bond acceptors (Lipinski definition) is 3. The molecule has 0 aromatic carbocycles. The maximum atomic E-state index is 12.7. The Morgan fingerprint density at radius 3 is 2.00 bits per heavy atom. The molecule has 0 aliphatic heterocycles. The lowest BCUT2D eigenvalue weighted by molar-refractivity contribution is -0.140. The maximum Gasteiger partial charge on any atom is 0.313 e. The van der Waals surface area contributed by atoms with Crippen LogP contribution < -0.4 is 0 Å². The van der Waals surface area contributed by atoms with Crippen LogP contribution in [-0.4, -0.2) is 30.6 Å². The van der Waals surface area contributed by atoms with Crippen LogP contribution in [0.25, 0.3) is 0 Å². The van der Waals surface area contributed by atoms with E-state index in [2.05, 4.69) is 20.8 Å². The molecule has 0 aliphatic rings. The van der Waals surface area contributed by atoms with E-state index in [1.54, 1.807) is 13.6 Å². The molecule has 0 saturated carbocycles. The van der Waals surface area contributed by atoms with E-state index >= 15 is 0 Å². The summed E-state index contributed by atoms with van der Waals surface area (Å²) in [5, 5.41) is -0.335. The molecule has 0 N–H and O–H groups in total. The second-order valence-electron chi connectivity index (χ2n) is 6.61. The van der Waals surface area contributed by atoms with Crippen molar-refractivity contribution < 1.29 is 14.1 Å². The third-order valence-electron chi connectivity index (χ3n) is 2.98. The molecular weight excluding hydrogens is 235 g/mol. The second-order valence-corrected chi connectivity index (χ2v) is 10.3. The molecular formula is C13H27O3P. The summed E-state index contributed by atoms with van der Waals surface area (Å²) in [6, 6.07) is 0. The molecule has 0 radical (unpaired) electrons. The monoisotopic (exact) mass is 262 g/mol. The average Bonchev–Trinajstić information content (AvgIpc) is 1.97. The van der Waals surface area contributed by atoms with Crippen LogP contribution in [0, 0.1) is 5.41 Å². The summed E-state index contributed by atoms with van der Waals surface area (Å²) in [6.45, 7) is 14.2. The van der Waals surface area contributed by atoms with Crippen molar-refractivity contribution in [3.63, 3.8) is 0 Å². The Balaban J connectivity index is 4.79. The van der Waals surface area contributed by atoms with Gasteiger partial charge in [-0.15, -0.1) is 0 Å². The van der Waals surface area contributed by atoms with Gasteiger partial charge in [0.05, 0.1) is 12.8 Å². The van der Waals surface area contributed by atoms with Crippen LogP contribution in [0.3, 0.4) is 0 Å². The summed E-state index contributed by atoms with van der Waals surface area (Å²) < 4.78 is 17.6. The highest BCUT2D eigenvalue weighted by atomic mass is 31.2. The van der Waals surface area contributed by atoms with Crippen LogP contribution >= 0.6 is 7.14 Å². The van der Waals surface area contributed by atoms with Gasteiger partial charge in [0.1, 0.15) is 7.14 Å². The third-order valence-corrected chi connectivity index (χ3v) is 6.56. The normalized spacial score (nSPS) is 16.4.